The maximum absolute atomic E-state index is 13.1. The van der Waals surface area contributed by atoms with Crippen molar-refractivity contribution in [2.24, 2.45) is 0 Å². The number of ether oxygens (including phenoxy) is 1. The van der Waals surface area contributed by atoms with Crippen molar-refractivity contribution in [3.05, 3.63) is 64.7 Å². The molecule has 0 bridgehead atoms. The van der Waals surface area contributed by atoms with Gasteiger partial charge in [0.25, 0.3) is 17.7 Å². The number of fused-ring (bicyclic) bond motifs is 1. The Bertz CT molecular complexity index is 1410. The number of hydrogen-bond acceptors (Lipinski definition) is 8. The molecular weight excluding hydrogens is 554 g/mol. The Hall–Kier alpha value is -4.58. The van der Waals surface area contributed by atoms with Crippen LogP contribution in [0.2, 0.25) is 0 Å². The van der Waals surface area contributed by atoms with Crippen LogP contribution in [0.25, 0.3) is 0 Å². The lowest BCUT2D eigenvalue weighted by Gasteiger charge is -2.35. The largest absolute Gasteiger partial charge is 0.444 e. The number of benzene rings is 2. The van der Waals surface area contributed by atoms with Crippen molar-refractivity contribution in [3.8, 4) is 0 Å². The van der Waals surface area contributed by atoms with Crippen LogP contribution in [0.1, 0.15) is 70.3 Å². The van der Waals surface area contributed by atoms with Crippen molar-refractivity contribution >= 4 is 41.7 Å². The second kappa shape index (κ2) is 13.2. The number of aldehydes is 1. The summed E-state index contributed by atoms with van der Waals surface area (Å²) in [5, 5.41) is 5.20. The molecule has 1 unspecified atom stereocenters. The van der Waals surface area contributed by atoms with Gasteiger partial charge in [-0.1, -0.05) is 12.1 Å². The van der Waals surface area contributed by atoms with Gasteiger partial charge in [0.15, 0.2) is 0 Å². The van der Waals surface area contributed by atoms with Crippen LogP contribution < -0.4 is 10.6 Å². The van der Waals surface area contributed by atoms with Crippen LogP contribution in [0.5, 0.6) is 0 Å². The topological polar surface area (TPSA) is 145 Å². The average Bonchev–Trinajstić information content (AvgIpc) is 3.21. The van der Waals surface area contributed by atoms with Gasteiger partial charge in [0, 0.05) is 57.4 Å². The monoisotopic (exact) mass is 591 g/mol. The number of likely N-dealkylation sites (N-methyl/N-ethyl adjacent to an activating group) is 1. The summed E-state index contributed by atoms with van der Waals surface area (Å²) in [5.41, 5.74) is 1.42. The molecule has 2 heterocycles. The molecule has 2 aliphatic rings. The number of nitrogens with one attached hydrogen (secondary N) is 2. The summed E-state index contributed by atoms with van der Waals surface area (Å²) < 4.78 is 5.45. The molecule has 228 valence electrons. The molecule has 12 heteroatoms. The highest BCUT2D eigenvalue weighted by atomic mass is 16.6. The van der Waals surface area contributed by atoms with Gasteiger partial charge in [0.2, 0.25) is 5.91 Å². The second-order valence-corrected chi connectivity index (χ2v) is 11.5. The van der Waals surface area contributed by atoms with Gasteiger partial charge in [-0.25, -0.2) is 4.79 Å². The highest BCUT2D eigenvalue weighted by molar-refractivity contribution is 6.23. The van der Waals surface area contributed by atoms with Crippen molar-refractivity contribution in [1.82, 2.24) is 20.0 Å². The summed E-state index contributed by atoms with van der Waals surface area (Å²) in [7, 11) is 1.39. The predicted octanol–water partition coefficient (Wildman–Crippen LogP) is 2.68. The van der Waals surface area contributed by atoms with Gasteiger partial charge < -0.3 is 25.1 Å². The molecule has 1 fully saturated rings. The van der Waals surface area contributed by atoms with E-state index in [1.165, 1.54) is 25.2 Å². The Labute approximate surface area is 250 Å². The van der Waals surface area contributed by atoms with Crippen molar-refractivity contribution in [2.45, 2.75) is 51.8 Å². The number of imide groups is 1. The van der Waals surface area contributed by atoms with Crippen LogP contribution in [0.4, 0.5) is 10.5 Å². The van der Waals surface area contributed by atoms with Crippen LogP contribution in [0, 0.1) is 0 Å². The van der Waals surface area contributed by atoms with E-state index in [0.29, 0.717) is 50.3 Å². The smallest absolute Gasteiger partial charge is 0.410 e. The number of amides is 5. The summed E-state index contributed by atoms with van der Waals surface area (Å²) in [6, 6.07) is 10.4. The summed E-state index contributed by atoms with van der Waals surface area (Å²) in [6.45, 7) is 8.78. The van der Waals surface area contributed by atoms with Gasteiger partial charge in [-0.2, -0.15) is 0 Å². The molecule has 1 saturated heterocycles. The van der Waals surface area contributed by atoms with Crippen LogP contribution >= 0.6 is 0 Å². The van der Waals surface area contributed by atoms with Crippen molar-refractivity contribution in [3.63, 3.8) is 0 Å². The fraction of sp³-hybridized carbons (Fsp3) is 0.419. The lowest BCUT2D eigenvalue weighted by atomic mass is 10.1. The fourth-order valence-electron chi connectivity index (χ4n) is 5.03. The predicted molar refractivity (Wildman–Crippen MR) is 158 cm³/mol. The molecule has 0 radical (unpaired) electrons. The summed E-state index contributed by atoms with van der Waals surface area (Å²) in [5.74, 6) is -2.22. The van der Waals surface area contributed by atoms with E-state index in [4.69, 9.17) is 4.74 Å². The lowest BCUT2D eigenvalue weighted by molar-refractivity contribution is -0.124. The zero-order chi connectivity index (χ0) is 31.3. The van der Waals surface area contributed by atoms with Gasteiger partial charge in [-0.15, -0.1) is 0 Å². The minimum atomic E-state index is -1.12. The first-order chi connectivity index (χ1) is 20.4. The fourth-order valence-corrected chi connectivity index (χ4v) is 5.03. The first-order valence-corrected chi connectivity index (χ1v) is 14.2. The van der Waals surface area contributed by atoms with E-state index in [1.807, 2.05) is 32.9 Å². The molecule has 0 aliphatic carbocycles. The van der Waals surface area contributed by atoms with E-state index >= 15 is 0 Å². The van der Waals surface area contributed by atoms with Crippen molar-refractivity contribution in [1.29, 1.82) is 0 Å². The van der Waals surface area contributed by atoms with Crippen LogP contribution in [-0.4, -0.2) is 95.6 Å². The molecule has 2 N–H and O–H groups in total. The molecule has 2 aromatic rings. The number of hydrogen-bond donors (Lipinski definition) is 2. The Balaban J connectivity index is 1.35. The number of carbonyl (C=O) groups is 6. The Kier molecular flexibility index (Phi) is 9.59. The van der Waals surface area contributed by atoms with E-state index in [0.717, 1.165) is 10.5 Å². The number of rotatable bonds is 9. The molecule has 5 amide bonds. The summed E-state index contributed by atoms with van der Waals surface area (Å²) >= 11 is 0. The zero-order valence-corrected chi connectivity index (χ0v) is 24.8. The number of nitrogens with zero attached hydrogens (tertiary/aromatic N) is 3. The van der Waals surface area contributed by atoms with Crippen molar-refractivity contribution < 1.29 is 33.5 Å². The third-order valence-electron chi connectivity index (χ3n) is 7.24. The molecular formula is C31H37N5O7. The quantitative estimate of drug-likeness (QED) is 0.335. The van der Waals surface area contributed by atoms with Gasteiger partial charge in [-0.3, -0.25) is 29.0 Å². The molecule has 0 spiro atoms. The van der Waals surface area contributed by atoms with E-state index in [9.17, 15) is 28.8 Å². The zero-order valence-electron chi connectivity index (χ0n) is 24.8. The maximum atomic E-state index is 13.1. The average molecular weight is 592 g/mol. The van der Waals surface area contributed by atoms with E-state index in [-0.39, 0.29) is 36.0 Å². The highest BCUT2D eigenvalue weighted by Gasteiger charge is 2.42. The van der Waals surface area contributed by atoms with E-state index in [1.54, 1.807) is 17.0 Å². The molecule has 12 nitrogen and oxygen atoms in total. The van der Waals surface area contributed by atoms with E-state index < -0.39 is 29.4 Å². The summed E-state index contributed by atoms with van der Waals surface area (Å²) in [6.07, 6.45) is 0.345. The Morgan fingerprint density at radius 2 is 1.60 bits per heavy atom. The third-order valence-corrected chi connectivity index (χ3v) is 7.24. The van der Waals surface area contributed by atoms with Crippen LogP contribution in [0.15, 0.2) is 42.5 Å². The number of piperazine rings is 1. The van der Waals surface area contributed by atoms with Crippen molar-refractivity contribution in [2.75, 3.05) is 38.5 Å². The highest BCUT2D eigenvalue weighted by Crippen LogP contribution is 2.29. The summed E-state index contributed by atoms with van der Waals surface area (Å²) in [4.78, 5) is 79.4. The van der Waals surface area contributed by atoms with Gasteiger partial charge in [0.1, 0.15) is 17.9 Å². The lowest BCUT2D eigenvalue weighted by Crippen LogP contribution is -2.49. The van der Waals surface area contributed by atoms with E-state index in [2.05, 4.69) is 15.5 Å². The maximum Gasteiger partial charge on any atom is 0.410 e. The minimum Gasteiger partial charge on any atom is -0.444 e. The molecule has 2 aromatic carbocycles. The SMILES string of the molecule is CNC(=O)C(CCC=O)N1C(=O)c2ccc(NC(=O)c3ccc(CN4CCN(C(=O)OC(C)(C)C)CC4)cc3)cc2C1=O. The molecule has 0 saturated carbocycles. The Morgan fingerprint density at radius 3 is 2.21 bits per heavy atom. The van der Waals surface area contributed by atoms with Gasteiger partial charge in [0.05, 0.1) is 11.1 Å². The van der Waals surface area contributed by atoms with Gasteiger partial charge >= 0.3 is 6.09 Å². The Morgan fingerprint density at radius 1 is 0.953 bits per heavy atom. The molecule has 1 atom stereocenters. The second-order valence-electron chi connectivity index (χ2n) is 11.5. The number of anilines is 1. The minimum absolute atomic E-state index is 0.0102. The molecule has 4 rings (SSSR count). The number of carbonyl (C=O) groups excluding carboxylic acids is 6. The first-order valence-electron chi connectivity index (χ1n) is 14.2. The van der Waals surface area contributed by atoms with Crippen LogP contribution in [0.3, 0.4) is 0 Å². The normalized spacial score (nSPS) is 16.0. The standard InChI is InChI=1S/C31H37N5O7/c1-31(2,3)43-30(42)35-15-13-34(14-16-35)19-20-7-9-21(10-8-20)26(38)33-22-11-12-23-24(18-22)29(41)36(28(23)40)25(6-5-17-37)27(39)32-4/h7-12,17-18,25H,5-6,13-16,19H2,1-4H3,(H,32,39)(H,33,38). The third kappa shape index (κ3) is 7.44. The first kappa shape index (κ1) is 31.4. The molecule has 0 aromatic heterocycles. The van der Waals surface area contributed by atoms with Crippen LogP contribution in [-0.2, 0) is 20.9 Å². The molecule has 43 heavy (non-hydrogen) atoms. The van der Waals surface area contributed by atoms with Gasteiger partial charge in [-0.05, 0) is 63.1 Å². The molecule has 2 aliphatic heterocycles.